The second-order valence-electron chi connectivity index (χ2n) is 9.05. The summed E-state index contributed by atoms with van der Waals surface area (Å²) in [5, 5.41) is 0. The lowest BCUT2D eigenvalue weighted by atomic mass is 9.78. The molecule has 1 amide bonds. The number of pyridine rings is 1. The minimum Gasteiger partial charge on any atom is -0.348 e. The summed E-state index contributed by atoms with van der Waals surface area (Å²) < 4.78 is 4.23. The maximum atomic E-state index is 13.4. The van der Waals surface area contributed by atoms with Gasteiger partial charge in [-0.15, -0.1) is 0 Å². The Morgan fingerprint density at radius 1 is 1.00 bits per heavy atom. The highest BCUT2D eigenvalue weighted by Gasteiger charge is 2.40. The maximum absolute atomic E-state index is 13.4. The van der Waals surface area contributed by atoms with E-state index in [0.29, 0.717) is 18.3 Å². The van der Waals surface area contributed by atoms with Gasteiger partial charge in [-0.1, -0.05) is 25.3 Å². The Bertz CT molecular complexity index is 908. The summed E-state index contributed by atoms with van der Waals surface area (Å²) in [6.07, 6.45) is 11.8. The summed E-state index contributed by atoms with van der Waals surface area (Å²) in [4.78, 5) is 27.7. The largest absolute Gasteiger partial charge is 0.348 e. The first-order valence-electron chi connectivity index (χ1n) is 10.8. The van der Waals surface area contributed by atoms with Crippen molar-refractivity contribution < 1.29 is 4.79 Å². The summed E-state index contributed by atoms with van der Waals surface area (Å²) >= 11 is 0. The average molecular weight is 380 g/mol. The van der Waals surface area contributed by atoms with Gasteiger partial charge in [0.25, 0.3) is 5.56 Å². The number of nitrogens with zero attached hydrogens (tertiary/aromatic N) is 3. The minimum atomic E-state index is -0.0553. The zero-order valence-corrected chi connectivity index (χ0v) is 16.4. The van der Waals surface area contributed by atoms with Crippen molar-refractivity contribution in [3.05, 3.63) is 58.8 Å². The van der Waals surface area contributed by atoms with Crippen LogP contribution in [0.25, 0.3) is 0 Å². The SMILES string of the molecule is O=C(CC1(n2cccc2)CCCCC1)N1C[C@@H]2C[C@H](C1)c1cccc(=O)n1C2. The van der Waals surface area contributed by atoms with E-state index in [1.807, 2.05) is 10.6 Å². The zero-order valence-electron chi connectivity index (χ0n) is 16.4. The monoisotopic (exact) mass is 379 g/mol. The van der Waals surface area contributed by atoms with Gasteiger partial charge >= 0.3 is 0 Å². The van der Waals surface area contributed by atoms with E-state index in [9.17, 15) is 9.59 Å². The number of piperidine rings is 1. The molecule has 0 spiro atoms. The van der Waals surface area contributed by atoms with Crippen molar-refractivity contribution in [2.75, 3.05) is 13.1 Å². The van der Waals surface area contributed by atoms with Crippen LogP contribution >= 0.6 is 0 Å². The van der Waals surface area contributed by atoms with Crippen LogP contribution in [0.1, 0.15) is 56.6 Å². The number of hydrogen-bond donors (Lipinski definition) is 0. The van der Waals surface area contributed by atoms with E-state index >= 15 is 0 Å². The molecular formula is C23H29N3O2. The Morgan fingerprint density at radius 2 is 1.79 bits per heavy atom. The molecule has 3 aliphatic rings. The Hall–Kier alpha value is -2.30. The predicted octanol–water partition coefficient (Wildman–Crippen LogP) is 3.35. The van der Waals surface area contributed by atoms with Crippen LogP contribution in [-0.4, -0.2) is 33.0 Å². The molecular weight excluding hydrogens is 350 g/mol. The van der Waals surface area contributed by atoms with Crippen LogP contribution in [-0.2, 0) is 16.9 Å². The second-order valence-corrected chi connectivity index (χ2v) is 9.05. The van der Waals surface area contributed by atoms with Crippen LogP contribution in [0, 0.1) is 5.92 Å². The molecule has 2 fully saturated rings. The van der Waals surface area contributed by atoms with Crippen molar-refractivity contribution in [2.24, 2.45) is 5.92 Å². The molecule has 1 saturated heterocycles. The first-order chi connectivity index (χ1) is 13.6. The van der Waals surface area contributed by atoms with Gasteiger partial charge in [0.2, 0.25) is 5.91 Å². The Labute approximate surface area is 166 Å². The number of likely N-dealkylation sites (tertiary alicyclic amines) is 1. The molecule has 5 heteroatoms. The fourth-order valence-corrected chi connectivity index (χ4v) is 5.88. The van der Waals surface area contributed by atoms with E-state index in [2.05, 4.69) is 40.1 Å². The highest BCUT2D eigenvalue weighted by molar-refractivity contribution is 5.77. The molecule has 5 nitrogen and oxygen atoms in total. The molecule has 5 rings (SSSR count). The Kier molecular flexibility index (Phi) is 4.41. The minimum absolute atomic E-state index is 0.0553. The maximum Gasteiger partial charge on any atom is 0.250 e. The third-order valence-corrected chi connectivity index (χ3v) is 7.25. The molecule has 2 aliphatic heterocycles. The third-order valence-electron chi connectivity index (χ3n) is 7.25. The lowest BCUT2D eigenvalue weighted by molar-refractivity contribution is -0.136. The molecule has 0 N–H and O–H groups in total. The number of hydrogen-bond acceptors (Lipinski definition) is 2. The standard InChI is InChI=1S/C23H29N3O2/c27-21-8-6-7-20-19-13-18(16-26(20)21)15-24(17-19)22(28)14-23(9-2-1-3-10-23)25-11-4-5-12-25/h4-8,11-12,18-19H,1-3,9-10,13-17H2/t18-,19+/m0/s1. The van der Waals surface area contributed by atoms with E-state index in [4.69, 9.17) is 0 Å². The molecule has 2 aromatic rings. The molecule has 0 radical (unpaired) electrons. The molecule has 0 unspecified atom stereocenters. The van der Waals surface area contributed by atoms with Gasteiger partial charge in [0.1, 0.15) is 0 Å². The molecule has 2 aromatic heterocycles. The van der Waals surface area contributed by atoms with E-state index < -0.39 is 0 Å². The smallest absolute Gasteiger partial charge is 0.250 e. The summed E-state index contributed by atoms with van der Waals surface area (Å²) in [5.41, 5.74) is 1.15. The predicted molar refractivity (Wildman–Crippen MR) is 108 cm³/mol. The van der Waals surface area contributed by atoms with Crippen molar-refractivity contribution in [3.8, 4) is 0 Å². The van der Waals surface area contributed by atoms with Gasteiger partial charge < -0.3 is 14.0 Å². The van der Waals surface area contributed by atoms with Gasteiger partial charge in [-0.2, -0.15) is 0 Å². The number of aromatic nitrogens is 2. The Balaban J connectivity index is 1.37. The van der Waals surface area contributed by atoms with E-state index in [1.165, 1.54) is 19.3 Å². The molecule has 1 saturated carbocycles. The molecule has 148 valence electrons. The number of rotatable bonds is 3. The lowest BCUT2D eigenvalue weighted by Crippen LogP contribution is -2.51. The van der Waals surface area contributed by atoms with Crippen LogP contribution < -0.4 is 5.56 Å². The van der Waals surface area contributed by atoms with Crippen molar-refractivity contribution in [3.63, 3.8) is 0 Å². The highest BCUT2D eigenvalue weighted by Crippen LogP contribution is 2.40. The third kappa shape index (κ3) is 3.01. The number of carbonyl (C=O) groups is 1. The highest BCUT2D eigenvalue weighted by atomic mass is 16.2. The zero-order chi connectivity index (χ0) is 19.1. The van der Waals surface area contributed by atoms with Crippen molar-refractivity contribution in [1.82, 2.24) is 14.0 Å². The molecule has 1 aliphatic carbocycles. The number of carbonyl (C=O) groups excluding carboxylic acids is 1. The first kappa shape index (κ1) is 17.8. The summed E-state index contributed by atoms with van der Waals surface area (Å²) in [6.45, 7) is 2.29. The first-order valence-corrected chi connectivity index (χ1v) is 10.8. The lowest BCUT2D eigenvalue weighted by Gasteiger charge is -2.45. The summed E-state index contributed by atoms with van der Waals surface area (Å²) in [5.74, 6) is 0.973. The molecule has 4 heterocycles. The van der Waals surface area contributed by atoms with Crippen LogP contribution in [0.2, 0.25) is 0 Å². The Morgan fingerprint density at radius 3 is 2.57 bits per heavy atom. The van der Waals surface area contributed by atoms with Gasteiger partial charge in [0.15, 0.2) is 0 Å². The average Bonchev–Trinajstić information content (AvgIpc) is 3.25. The number of amides is 1. The van der Waals surface area contributed by atoms with Gasteiger partial charge in [-0.05, 0) is 43.4 Å². The van der Waals surface area contributed by atoms with Crippen molar-refractivity contribution in [2.45, 2.75) is 62.9 Å². The van der Waals surface area contributed by atoms with Crippen molar-refractivity contribution in [1.29, 1.82) is 0 Å². The van der Waals surface area contributed by atoms with Gasteiger partial charge in [-0.25, -0.2) is 0 Å². The fourth-order valence-electron chi connectivity index (χ4n) is 5.88. The fraction of sp³-hybridized carbons (Fsp3) is 0.565. The van der Waals surface area contributed by atoms with E-state index in [-0.39, 0.29) is 17.0 Å². The summed E-state index contributed by atoms with van der Waals surface area (Å²) in [7, 11) is 0. The van der Waals surface area contributed by atoms with Crippen LogP contribution in [0.5, 0.6) is 0 Å². The number of fused-ring (bicyclic) bond motifs is 4. The van der Waals surface area contributed by atoms with Crippen LogP contribution in [0.3, 0.4) is 0 Å². The topological polar surface area (TPSA) is 47.2 Å². The van der Waals surface area contributed by atoms with Gasteiger partial charge in [0.05, 0.1) is 12.0 Å². The van der Waals surface area contributed by atoms with Crippen molar-refractivity contribution >= 4 is 5.91 Å². The molecule has 28 heavy (non-hydrogen) atoms. The van der Waals surface area contributed by atoms with Gasteiger partial charge in [0, 0.05) is 49.7 Å². The summed E-state index contributed by atoms with van der Waals surface area (Å²) in [6, 6.07) is 9.72. The van der Waals surface area contributed by atoms with Gasteiger partial charge in [-0.3, -0.25) is 9.59 Å². The van der Waals surface area contributed by atoms with Crippen LogP contribution in [0.4, 0.5) is 0 Å². The van der Waals surface area contributed by atoms with E-state index in [0.717, 1.165) is 44.6 Å². The normalized spacial score (nSPS) is 25.9. The molecule has 0 aromatic carbocycles. The second kappa shape index (κ2) is 6.94. The quantitative estimate of drug-likeness (QED) is 0.821. The van der Waals surface area contributed by atoms with Crippen LogP contribution in [0.15, 0.2) is 47.5 Å². The van der Waals surface area contributed by atoms with E-state index in [1.54, 1.807) is 6.07 Å². The molecule has 2 bridgehead atoms. The molecule has 2 atom stereocenters.